The van der Waals surface area contributed by atoms with E-state index in [1.807, 2.05) is 42.6 Å². The summed E-state index contributed by atoms with van der Waals surface area (Å²) in [5.41, 5.74) is 0.809. The second-order valence-corrected chi connectivity index (χ2v) is 4.18. The van der Waals surface area contributed by atoms with Crippen molar-refractivity contribution in [3.8, 4) is 0 Å². The predicted octanol–water partition coefficient (Wildman–Crippen LogP) is 3.45. The second-order valence-electron chi connectivity index (χ2n) is 3.47. The van der Waals surface area contributed by atoms with Crippen molar-refractivity contribution in [3.05, 3.63) is 59.3 Å². The number of allylic oxidation sites excluding steroid dienone is 2. The predicted molar refractivity (Wildman–Crippen MR) is 65.3 cm³/mol. The molecule has 1 nitrogen and oxygen atoms in total. The molecule has 1 heterocycles. The van der Waals surface area contributed by atoms with Crippen molar-refractivity contribution >= 4 is 23.2 Å². The van der Waals surface area contributed by atoms with E-state index in [4.69, 9.17) is 23.2 Å². The van der Waals surface area contributed by atoms with E-state index < -0.39 is 0 Å². The summed E-state index contributed by atoms with van der Waals surface area (Å²) >= 11 is 11.9. The molecule has 0 radical (unpaired) electrons. The molecule has 0 aromatic heterocycles. The van der Waals surface area contributed by atoms with Crippen LogP contribution in [-0.2, 0) is 5.54 Å². The summed E-state index contributed by atoms with van der Waals surface area (Å²) < 4.78 is 0. The van der Waals surface area contributed by atoms with Crippen LogP contribution in [0.1, 0.15) is 5.56 Å². The molecule has 2 rings (SSSR count). The van der Waals surface area contributed by atoms with Gasteiger partial charge < -0.3 is 5.32 Å². The lowest BCUT2D eigenvalue weighted by Gasteiger charge is -2.31. The van der Waals surface area contributed by atoms with Crippen LogP contribution >= 0.6 is 23.2 Å². The zero-order chi connectivity index (χ0) is 10.7. The van der Waals surface area contributed by atoms with Gasteiger partial charge in [-0.05, 0) is 30.0 Å². The Balaban J connectivity index is 2.38. The molecular weight excluding hydrogens is 229 g/mol. The normalized spacial score (nSPS) is 23.9. The molecule has 0 bridgehead atoms. The maximum absolute atomic E-state index is 6.03. The average molecular weight is 240 g/mol. The molecule has 1 unspecified atom stereocenters. The zero-order valence-corrected chi connectivity index (χ0v) is 9.59. The van der Waals surface area contributed by atoms with Crippen LogP contribution < -0.4 is 5.32 Å². The topological polar surface area (TPSA) is 12.0 Å². The molecule has 1 atom stereocenters. The van der Waals surface area contributed by atoms with Crippen LogP contribution in [0.25, 0.3) is 0 Å². The number of alkyl halides is 1. The van der Waals surface area contributed by atoms with Gasteiger partial charge in [-0.15, -0.1) is 11.6 Å². The van der Waals surface area contributed by atoms with Crippen molar-refractivity contribution < 1.29 is 0 Å². The second kappa shape index (κ2) is 4.30. The monoisotopic (exact) mass is 239 g/mol. The summed E-state index contributed by atoms with van der Waals surface area (Å²) in [4.78, 5) is 0. The van der Waals surface area contributed by atoms with Crippen LogP contribution in [0, 0.1) is 0 Å². The van der Waals surface area contributed by atoms with Crippen molar-refractivity contribution in [1.29, 1.82) is 0 Å². The molecule has 0 spiro atoms. The third kappa shape index (κ3) is 2.04. The fourth-order valence-electron chi connectivity index (χ4n) is 1.61. The van der Waals surface area contributed by atoms with Crippen LogP contribution in [0.5, 0.6) is 0 Å². The van der Waals surface area contributed by atoms with E-state index >= 15 is 0 Å². The highest BCUT2D eigenvalue weighted by Gasteiger charge is 2.27. The van der Waals surface area contributed by atoms with Gasteiger partial charge in [-0.25, -0.2) is 0 Å². The van der Waals surface area contributed by atoms with E-state index in [2.05, 4.69) is 11.4 Å². The SMILES string of the molecule is ClCC1(c2ccc(Cl)cc2)C=CC=CN1. The summed E-state index contributed by atoms with van der Waals surface area (Å²) in [5, 5.41) is 4.01. The van der Waals surface area contributed by atoms with E-state index in [0.29, 0.717) is 5.88 Å². The van der Waals surface area contributed by atoms with Crippen molar-refractivity contribution in [3.63, 3.8) is 0 Å². The summed E-state index contributed by atoms with van der Waals surface area (Å²) in [5.74, 6) is 0.482. The Morgan fingerprint density at radius 3 is 2.40 bits per heavy atom. The van der Waals surface area contributed by atoms with E-state index in [9.17, 15) is 0 Å². The Labute approximate surface area is 99.4 Å². The number of benzene rings is 1. The maximum Gasteiger partial charge on any atom is 0.0945 e. The number of halogens is 2. The lowest BCUT2D eigenvalue weighted by Crippen LogP contribution is -2.40. The lowest BCUT2D eigenvalue weighted by molar-refractivity contribution is 0.530. The zero-order valence-electron chi connectivity index (χ0n) is 8.08. The van der Waals surface area contributed by atoms with Crippen LogP contribution in [-0.4, -0.2) is 5.88 Å². The molecule has 1 N–H and O–H groups in total. The largest absolute Gasteiger partial charge is 0.377 e. The Morgan fingerprint density at radius 2 is 1.87 bits per heavy atom. The highest BCUT2D eigenvalue weighted by atomic mass is 35.5. The van der Waals surface area contributed by atoms with Crippen LogP contribution in [0.3, 0.4) is 0 Å². The maximum atomic E-state index is 6.03. The third-order valence-electron chi connectivity index (χ3n) is 2.50. The van der Waals surface area contributed by atoms with E-state index in [1.54, 1.807) is 0 Å². The standard InChI is InChI=1S/C12H11Cl2N/c13-9-12(7-1-2-8-15-12)10-3-5-11(14)6-4-10/h1-8,15H,9H2. The highest BCUT2D eigenvalue weighted by Crippen LogP contribution is 2.27. The molecule has 1 aliphatic rings. The minimum Gasteiger partial charge on any atom is -0.377 e. The first-order valence-electron chi connectivity index (χ1n) is 4.71. The summed E-state index contributed by atoms with van der Waals surface area (Å²) in [6.07, 6.45) is 7.90. The van der Waals surface area contributed by atoms with Gasteiger partial charge in [0.25, 0.3) is 0 Å². The average Bonchev–Trinajstić information content (AvgIpc) is 2.31. The van der Waals surface area contributed by atoms with E-state index in [-0.39, 0.29) is 5.54 Å². The minimum absolute atomic E-state index is 0.305. The van der Waals surface area contributed by atoms with Gasteiger partial charge in [-0.1, -0.05) is 35.9 Å². The molecule has 1 aliphatic heterocycles. The number of hydrogen-bond donors (Lipinski definition) is 1. The van der Waals surface area contributed by atoms with E-state index in [1.165, 1.54) is 0 Å². The molecule has 1 aromatic rings. The molecule has 0 aliphatic carbocycles. The minimum atomic E-state index is -0.305. The quantitative estimate of drug-likeness (QED) is 0.780. The van der Waals surface area contributed by atoms with Gasteiger partial charge in [-0.3, -0.25) is 0 Å². The number of dihydropyridines is 1. The Morgan fingerprint density at radius 1 is 1.13 bits per heavy atom. The summed E-state index contributed by atoms with van der Waals surface area (Å²) in [7, 11) is 0. The van der Waals surface area contributed by atoms with E-state index in [0.717, 1.165) is 10.6 Å². The first kappa shape index (κ1) is 10.6. The Kier molecular flexibility index (Phi) is 3.03. The molecule has 0 fully saturated rings. The fraction of sp³-hybridized carbons (Fsp3) is 0.167. The van der Waals surface area contributed by atoms with Crippen LogP contribution in [0.15, 0.2) is 48.7 Å². The Bertz CT molecular complexity index is 395. The molecule has 15 heavy (non-hydrogen) atoms. The molecule has 0 saturated heterocycles. The summed E-state index contributed by atoms with van der Waals surface area (Å²) in [6.45, 7) is 0. The fourth-order valence-corrected chi connectivity index (χ4v) is 2.05. The Hall–Kier alpha value is -0.920. The first-order chi connectivity index (χ1) is 7.27. The van der Waals surface area contributed by atoms with Gasteiger partial charge in [0.2, 0.25) is 0 Å². The van der Waals surface area contributed by atoms with Crippen LogP contribution in [0.2, 0.25) is 5.02 Å². The number of nitrogens with one attached hydrogen (secondary N) is 1. The van der Waals surface area contributed by atoms with Gasteiger partial charge in [0.05, 0.1) is 11.4 Å². The number of hydrogen-bond acceptors (Lipinski definition) is 1. The molecule has 0 amide bonds. The van der Waals surface area contributed by atoms with Crippen molar-refractivity contribution in [2.45, 2.75) is 5.54 Å². The van der Waals surface area contributed by atoms with Crippen molar-refractivity contribution in [1.82, 2.24) is 5.32 Å². The van der Waals surface area contributed by atoms with Gasteiger partial charge in [-0.2, -0.15) is 0 Å². The van der Waals surface area contributed by atoms with Crippen LogP contribution in [0.4, 0.5) is 0 Å². The third-order valence-corrected chi connectivity index (χ3v) is 3.17. The first-order valence-corrected chi connectivity index (χ1v) is 5.62. The van der Waals surface area contributed by atoms with Gasteiger partial charge in [0.1, 0.15) is 0 Å². The number of rotatable bonds is 2. The molecular formula is C12H11Cl2N. The van der Waals surface area contributed by atoms with Gasteiger partial charge >= 0.3 is 0 Å². The molecule has 78 valence electrons. The van der Waals surface area contributed by atoms with Gasteiger partial charge in [0.15, 0.2) is 0 Å². The van der Waals surface area contributed by atoms with Crippen molar-refractivity contribution in [2.24, 2.45) is 0 Å². The highest BCUT2D eigenvalue weighted by molar-refractivity contribution is 6.30. The molecule has 3 heteroatoms. The molecule has 0 saturated carbocycles. The smallest absolute Gasteiger partial charge is 0.0945 e. The molecule has 1 aromatic carbocycles. The summed E-state index contributed by atoms with van der Waals surface area (Å²) in [6, 6.07) is 7.72. The lowest BCUT2D eigenvalue weighted by atomic mass is 9.90. The van der Waals surface area contributed by atoms with Crippen molar-refractivity contribution in [2.75, 3.05) is 5.88 Å². The van der Waals surface area contributed by atoms with Gasteiger partial charge in [0, 0.05) is 5.02 Å².